The van der Waals surface area contributed by atoms with Crippen molar-refractivity contribution < 1.29 is 27.4 Å². The molecule has 1 fully saturated rings. The highest BCUT2D eigenvalue weighted by molar-refractivity contribution is 7.88. The SMILES string of the molecule is CC1(CNS(C)(=O)=O)COC(c2nc(-c3ccc(F)cc3)c(-c3ccnc(NCCO)n3)[nH]2)OC1. The first kappa shape index (κ1) is 25.1. The molecule has 0 atom stereocenters. The minimum absolute atomic E-state index is 0.0718. The molecule has 2 aromatic heterocycles. The molecular formula is C22H27FN6O5S. The Bertz CT molecular complexity index is 1260. The van der Waals surface area contributed by atoms with E-state index in [1.807, 2.05) is 6.92 Å². The molecule has 4 N–H and O–H groups in total. The smallest absolute Gasteiger partial charge is 0.223 e. The molecule has 3 aromatic rings. The van der Waals surface area contributed by atoms with Crippen LogP contribution in [-0.4, -0.2) is 72.6 Å². The van der Waals surface area contributed by atoms with E-state index in [1.54, 1.807) is 24.4 Å². The van der Waals surface area contributed by atoms with Crippen molar-refractivity contribution in [1.29, 1.82) is 0 Å². The minimum atomic E-state index is -3.34. The van der Waals surface area contributed by atoms with Gasteiger partial charge >= 0.3 is 0 Å². The zero-order valence-corrected chi connectivity index (χ0v) is 20.1. The maximum atomic E-state index is 13.5. The van der Waals surface area contributed by atoms with Crippen LogP contribution in [0.15, 0.2) is 36.5 Å². The van der Waals surface area contributed by atoms with Crippen molar-refractivity contribution in [2.75, 3.05) is 44.5 Å². The van der Waals surface area contributed by atoms with Gasteiger partial charge in [0.25, 0.3) is 0 Å². The van der Waals surface area contributed by atoms with E-state index in [4.69, 9.17) is 14.6 Å². The molecule has 4 rings (SSSR count). The van der Waals surface area contributed by atoms with E-state index >= 15 is 0 Å². The Morgan fingerprint density at radius 2 is 1.91 bits per heavy atom. The number of sulfonamides is 1. The van der Waals surface area contributed by atoms with Gasteiger partial charge < -0.3 is 24.9 Å². The van der Waals surface area contributed by atoms with Gasteiger partial charge in [-0.1, -0.05) is 6.92 Å². The van der Waals surface area contributed by atoms with Crippen LogP contribution in [-0.2, 0) is 19.5 Å². The van der Waals surface area contributed by atoms with Gasteiger partial charge in [-0.25, -0.2) is 32.5 Å². The highest BCUT2D eigenvalue weighted by atomic mass is 32.2. The Morgan fingerprint density at radius 3 is 2.57 bits per heavy atom. The van der Waals surface area contributed by atoms with Crippen LogP contribution in [0.25, 0.3) is 22.6 Å². The fraction of sp³-hybridized carbons (Fsp3) is 0.409. The van der Waals surface area contributed by atoms with Crippen LogP contribution in [0.1, 0.15) is 19.0 Å². The van der Waals surface area contributed by atoms with E-state index in [2.05, 4.69) is 30.0 Å². The number of nitrogens with one attached hydrogen (secondary N) is 3. The number of halogens is 1. The van der Waals surface area contributed by atoms with Crippen molar-refractivity contribution in [3.05, 3.63) is 48.2 Å². The molecule has 1 aromatic carbocycles. The van der Waals surface area contributed by atoms with Gasteiger partial charge in [-0.3, -0.25) is 0 Å². The van der Waals surface area contributed by atoms with Gasteiger partial charge in [-0.2, -0.15) is 0 Å². The normalized spacial score (nSPS) is 20.6. The average Bonchev–Trinajstić information content (AvgIpc) is 3.28. The van der Waals surface area contributed by atoms with Crippen molar-refractivity contribution >= 4 is 16.0 Å². The van der Waals surface area contributed by atoms with Crippen molar-refractivity contribution in [3.8, 4) is 22.6 Å². The van der Waals surface area contributed by atoms with Gasteiger partial charge in [0.05, 0.1) is 43.2 Å². The Kier molecular flexibility index (Phi) is 7.42. The van der Waals surface area contributed by atoms with E-state index in [0.29, 0.717) is 41.0 Å². The van der Waals surface area contributed by atoms with Crippen LogP contribution in [0, 0.1) is 11.2 Å². The molecule has 0 amide bonds. The first-order valence-corrected chi connectivity index (χ1v) is 12.8. The highest BCUT2D eigenvalue weighted by Gasteiger charge is 2.35. The van der Waals surface area contributed by atoms with Gasteiger partial charge in [0.1, 0.15) is 5.82 Å². The summed E-state index contributed by atoms with van der Waals surface area (Å²) in [6.07, 6.45) is 1.86. The number of imidazole rings is 1. The zero-order chi connectivity index (χ0) is 25.1. The van der Waals surface area contributed by atoms with Crippen molar-refractivity contribution in [2.45, 2.75) is 13.2 Å². The number of anilines is 1. The van der Waals surface area contributed by atoms with Gasteiger partial charge in [-0.15, -0.1) is 0 Å². The first-order chi connectivity index (χ1) is 16.7. The summed E-state index contributed by atoms with van der Waals surface area (Å²) in [4.78, 5) is 16.5. The second-order valence-electron chi connectivity index (χ2n) is 8.63. The molecule has 0 spiro atoms. The number of aliphatic hydroxyl groups excluding tert-OH is 1. The standard InChI is InChI=1S/C22H27FN6O5S/c1-22(11-26-35(2,31)32)12-33-20(34-13-22)19-28-17(14-3-5-15(23)6-4-14)18(29-19)16-7-8-24-21(27-16)25-9-10-30/h3-8,20,26,30H,9-13H2,1-2H3,(H,28,29)(H,24,25,27). The van der Waals surface area contributed by atoms with Gasteiger partial charge in [0.15, 0.2) is 5.82 Å². The minimum Gasteiger partial charge on any atom is -0.395 e. The second-order valence-corrected chi connectivity index (χ2v) is 10.5. The quantitative estimate of drug-likeness (QED) is 0.340. The summed E-state index contributed by atoms with van der Waals surface area (Å²) in [6.45, 7) is 2.74. The number of hydrogen-bond acceptors (Lipinski definition) is 9. The number of ether oxygens (including phenoxy) is 2. The first-order valence-electron chi connectivity index (χ1n) is 10.9. The number of nitrogens with zero attached hydrogens (tertiary/aromatic N) is 3. The lowest BCUT2D eigenvalue weighted by atomic mass is 9.92. The zero-order valence-electron chi connectivity index (χ0n) is 19.3. The monoisotopic (exact) mass is 506 g/mol. The Labute approximate surface area is 202 Å². The largest absolute Gasteiger partial charge is 0.395 e. The molecule has 13 heteroatoms. The molecule has 3 heterocycles. The molecule has 11 nitrogen and oxygen atoms in total. The number of benzene rings is 1. The Balaban J connectivity index is 1.62. The topological polar surface area (TPSA) is 151 Å². The lowest BCUT2D eigenvalue weighted by Crippen LogP contribution is -2.45. The summed E-state index contributed by atoms with van der Waals surface area (Å²) in [5, 5.41) is 12.0. The Morgan fingerprint density at radius 1 is 1.20 bits per heavy atom. The maximum Gasteiger partial charge on any atom is 0.223 e. The molecule has 0 bridgehead atoms. The number of hydrogen-bond donors (Lipinski definition) is 4. The highest BCUT2D eigenvalue weighted by Crippen LogP contribution is 2.35. The summed E-state index contributed by atoms with van der Waals surface area (Å²) in [7, 11) is -3.34. The van der Waals surface area contributed by atoms with E-state index in [-0.39, 0.29) is 32.2 Å². The van der Waals surface area contributed by atoms with Crippen molar-refractivity contribution in [3.63, 3.8) is 0 Å². The number of aliphatic hydroxyl groups is 1. The van der Waals surface area contributed by atoms with Crippen LogP contribution in [0.5, 0.6) is 0 Å². The van der Waals surface area contributed by atoms with Gasteiger partial charge in [0.2, 0.25) is 22.3 Å². The number of H-pyrrole nitrogens is 1. The molecule has 0 radical (unpaired) electrons. The lowest BCUT2D eigenvalue weighted by Gasteiger charge is -2.36. The maximum absolute atomic E-state index is 13.5. The summed E-state index contributed by atoms with van der Waals surface area (Å²) in [5.74, 6) is 0.350. The van der Waals surface area contributed by atoms with Crippen LogP contribution < -0.4 is 10.0 Å². The predicted octanol–water partition coefficient (Wildman–Crippen LogP) is 1.68. The van der Waals surface area contributed by atoms with Crippen LogP contribution in [0.4, 0.5) is 10.3 Å². The van der Waals surface area contributed by atoms with E-state index < -0.39 is 21.7 Å². The number of aromatic nitrogens is 4. The Hall–Kier alpha value is -2.97. The molecule has 0 unspecified atom stereocenters. The molecule has 35 heavy (non-hydrogen) atoms. The summed E-state index contributed by atoms with van der Waals surface area (Å²) in [6, 6.07) is 7.61. The second kappa shape index (κ2) is 10.3. The average molecular weight is 507 g/mol. The third-order valence-corrected chi connectivity index (χ3v) is 5.97. The molecule has 188 valence electrons. The lowest BCUT2D eigenvalue weighted by molar-refractivity contribution is -0.231. The summed E-state index contributed by atoms with van der Waals surface area (Å²) in [5.41, 5.74) is 1.71. The number of rotatable bonds is 9. The molecular weight excluding hydrogens is 479 g/mol. The number of aromatic amines is 1. The molecule has 0 saturated carbocycles. The van der Waals surface area contributed by atoms with E-state index in [9.17, 15) is 12.8 Å². The molecule has 1 aliphatic rings. The summed E-state index contributed by atoms with van der Waals surface area (Å²) < 4.78 is 50.7. The van der Waals surface area contributed by atoms with Gasteiger partial charge in [-0.05, 0) is 30.3 Å². The van der Waals surface area contributed by atoms with Crippen LogP contribution in [0.3, 0.4) is 0 Å². The molecule has 1 aliphatic heterocycles. The predicted molar refractivity (Wildman–Crippen MR) is 126 cm³/mol. The van der Waals surface area contributed by atoms with E-state index in [0.717, 1.165) is 6.26 Å². The fourth-order valence-corrected chi connectivity index (χ4v) is 4.08. The van der Waals surface area contributed by atoms with Crippen molar-refractivity contribution in [2.24, 2.45) is 5.41 Å². The van der Waals surface area contributed by atoms with Crippen LogP contribution in [0.2, 0.25) is 0 Å². The summed E-state index contributed by atoms with van der Waals surface area (Å²) >= 11 is 0. The van der Waals surface area contributed by atoms with E-state index in [1.165, 1.54) is 12.1 Å². The van der Waals surface area contributed by atoms with Gasteiger partial charge in [0, 0.05) is 30.3 Å². The molecule has 1 saturated heterocycles. The fourth-order valence-electron chi connectivity index (χ4n) is 3.46. The third-order valence-electron chi connectivity index (χ3n) is 5.30. The molecule has 0 aliphatic carbocycles. The third kappa shape index (κ3) is 6.38. The van der Waals surface area contributed by atoms with Crippen molar-refractivity contribution in [1.82, 2.24) is 24.7 Å². The van der Waals surface area contributed by atoms with Crippen LogP contribution >= 0.6 is 0 Å².